The van der Waals surface area contributed by atoms with Crippen molar-refractivity contribution in [2.75, 3.05) is 13.1 Å². The molecule has 0 spiro atoms. The lowest BCUT2D eigenvalue weighted by Crippen LogP contribution is -2.60. The molecule has 1 saturated heterocycles. The highest BCUT2D eigenvalue weighted by Crippen LogP contribution is 2.65. The highest BCUT2D eigenvalue weighted by atomic mass is 16.6. The fraction of sp³-hybridized carbons (Fsp3) is 0.600. The van der Waals surface area contributed by atoms with E-state index in [4.69, 9.17) is 4.74 Å². The van der Waals surface area contributed by atoms with Gasteiger partial charge in [-0.05, 0) is 67.9 Å². The minimum Gasteiger partial charge on any atom is -0.444 e. The Balaban J connectivity index is 1.70. The van der Waals surface area contributed by atoms with Crippen molar-refractivity contribution in [3.8, 4) is 0 Å². The topological polar surface area (TPSA) is 163 Å². The van der Waals surface area contributed by atoms with E-state index in [-0.39, 0.29) is 30.2 Å². The van der Waals surface area contributed by atoms with Crippen molar-refractivity contribution in [3.63, 3.8) is 0 Å². The number of carbonyl (C=O) groups excluding carboxylic acids is 6. The van der Waals surface area contributed by atoms with Crippen molar-refractivity contribution in [2.45, 2.75) is 99.0 Å². The molecule has 4 N–H and O–H groups in total. The molecule has 1 heterocycles. The van der Waals surface area contributed by atoms with Crippen LogP contribution in [0.4, 0.5) is 4.79 Å². The number of hydrogen-bond acceptors (Lipinski definition) is 7. The van der Waals surface area contributed by atoms with Crippen LogP contribution in [0.15, 0.2) is 36.9 Å². The number of aryl methyl sites for hydroxylation is 1. The number of rotatable bonds is 12. The number of hydrogen-bond donors (Lipinski definition) is 4. The zero-order valence-corrected chi connectivity index (χ0v) is 29.1. The van der Waals surface area contributed by atoms with Gasteiger partial charge in [-0.2, -0.15) is 0 Å². The van der Waals surface area contributed by atoms with Gasteiger partial charge in [0.25, 0.3) is 5.91 Å². The van der Waals surface area contributed by atoms with Crippen LogP contribution in [0.5, 0.6) is 0 Å². The Morgan fingerprint density at radius 1 is 1.02 bits per heavy atom. The van der Waals surface area contributed by atoms with Crippen LogP contribution in [0.25, 0.3) is 0 Å². The average molecular weight is 654 g/mol. The van der Waals surface area contributed by atoms with Gasteiger partial charge in [0.15, 0.2) is 0 Å². The minimum atomic E-state index is -1.26. The fourth-order valence-electron chi connectivity index (χ4n) is 6.18. The summed E-state index contributed by atoms with van der Waals surface area (Å²) in [5.74, 6) is -3.60. The number of likely N-dealkylation sites (tertiary alicyclic amines) is 1. The van der Waals surface area contributed by atoms with Crippen LogP contribution in [-0.4, -0.2) is 77.2 Å². The first-order valence-electron chi connectivity index (χ1n) is 16.0. The number of benzene rings is 1. The third-order valence-corrected chi connectivity index (χ3v) is 8.94. The largest absolute Gasteiger partial charge is 0.444 e. The molecule has 0 bridgehead atoms. The number of piperidine rings is 1. The molecular weight excluding hydrogens is 602 g/mol. The number of ketones is 1. The van der Waals surface area contributed by atoms with Gasteiger partial charge in [-0.1, -0.05) is 65.0 Å². The fourth-order valence-corrected chi connectivity index (χ4v) is 6.18. The minimum absolute atomic E-state index is 0.0411. The maximum absolute atomic E-state index is 14.0. The molecule has 1 aromatic carbocycles. The van der Waals surface area contributed by atoms with Crippen molar-refractivity contribution in [1.29, 1.82) is 0 Å². The molecule has 1 aliphatic carbocycles. The number of alkyl carbamates (subject to hydrolysis) is 1. The number of fused-ring (bicyclic) bond motifs is 1. The van der Waals surface area contributed by atoms with Crippen LogP contribution in [0.2, 0.25) is 0 Å². The van der Waals surface area contributed by atoms with Crippen molar-refractivity contribution in [2.24, 2.45) is 22.7 Å². The molecule has 47 heavy (non-hydrogen) atoms. The first-order valence-corrected chi connectivity index (χ1v) is 16.0. The summed E-state index contributed by atoms with van der Waals surface area (Å²) in [4.78, 5) is 80.5. The second-order valence-electron chi connectivity index (χ2n) is 15.2. The van der Waals surface area contributed by atoms with E-state index in [0.717, 1.165) is 11.1 Å². The summed E-state index contributed by atoms with van der Waals surface area (Å²) in [5.41, 5.74) is 0.207. The zero-order valence-electron chi connectivity index (χ0n) is 29.1. The molecule has 0 aromatic heterocycles. The van der Waals surface area contributed by atoms with E-state index in [1.807, 2.05) is 65.8 Å². The highest BCUT2D eigenvalue weighted by molar-refractivity contribution is 6.38. The van der Waals surface area contributed by atoms with E-state index in [1.54, 1.807) is 20.8 Å². The summed E-state index contributed by atoms with van der Waals surface area (Å²) in [6.45, 7) is 20.4. The second kappa shape index (κ2) is 14.3. The van der Waals surface area contributed by atoms with Crippen LogP contribution in [0.1, 0.15) is 72.9 Å². The quantitative estimate of drug-likeness (QED) is 0.199. The smallest absolute Gasteiger partial charge is 0.408 e. The number of carbonyl (C=O) groups is 6. The molecule has 258 valence electrons. The third-order valence-electron chi connectivity index (χ3n) is 8.94. The van der Waals surface area contributed by atoms with E-state index in [9.17, 15) is 28.8 Å². The second-order valence-corrected chi connectivity index (χ2v) is 15.2. The lowest BCUT2D eigenvalue weighted by atomic mass is 9.85. The Morgan fingerprint density at radius 3 is 2.23 bits per heavy atom. The van der Waals surface area contributed by atoms with E-state index < -0.39 is 71.2 Å². The number of nitrogens with one attached hydrogen (secondary N) is 4. The molecule has 1 saturated carbocycles. The Labute approximate surface area is 277 Å². The van der Waals surface area contributed by atoms with E-state index in [2.05, 4.69) is 27.8 Å². The van der Waals surface area contributed by atoms with Crippen LogP contribution < -0.4 is 21.3 Å². The van der Waals surface area contributed by atoms with Gasteiger partial charge in [0.05, 0.1) is 6.54 Å². The van der Waals surface area contributed by atoms with Gasteiger partial charge in [-0.15, -0.1) is 6.58 Å². The van der Waals surface area contributed by atoms with Gasteiger partial charge in [-0.3, -0.25) is 24.0 Å². The maximum Gasteiger partial charge on any atom is 0.408 e. The summed E-state index contributed by atoms with van der Waals surface area (Å²) in [5, 5.41) is 10.4. The SMILES string of the molecule is C=CCC(NC(=O)[C@@H]1[C@@H]2[C@H](CN1C(=O)[C@@H](NC(=O)OC(C)(C)C)C(C)(C)C)C2(C)C)C(=O)C(=O)NCC(=O)NCc1ccccc1C. The Kier molecular flexibility index (Phi) is 11.3. The number of Topliss-reactive ketones (excluding diaryl/α,β-unsaturated/α-hetero) is 1. The van der Waals surface area contributed by atoms with Crippen molar-refractivity contribution in [3.05, 3.63) is 48.0 Å². The molecule has 1 aliphatic heterocycles. The van der Waals surface area contributed by atoms with Crippen molar-refractivity contribution in [1.82, 2.24) is 26.2 Å². The lowest BCUT2D eigenvalue weighted by molar-refractivity contribution is -0.145. The first-order chi connectivity index (χ1) is 21.7. The van der Waals surface area contributed by atoms with Crippen LogP contribution >= 0.6 is 0 Å². The lowest BCUT2D eigenvalue weighted by Gasteiger charge is -2.38. The number of ether oxygens (including phenoxy) is 1. The van der Waals surface area contributed by atoms with E-state index in [1.165, 1.54) is 11.0 Å². The molecule has 2 fully saturated rings. The van der Waals surface area contributed by atoms with Gasteiger partial charge in [-0.25, -0.2) is 4.79 Å². The van der Waals surface area contributed by atoms with Crippen molar-refractivity contribution < 1.29 is 33.5 Å². The Hall–Kier alpha value is -4.22. The monoisotopic (exact) mass is 653 g/mol. The summed E-state index contributed by atoms with van der Waals surface area (Å²) < 4.78 is 5.40. The molecule has 0 radical (unpaired) electrons. The molecular formula is C35H51N5O7. The summed E-state index contributed by atoms with van der Waals surface area (Å²) in [6.07, 6.45) is 0.621. The van der Waals surface area contributed by atoms with Gasteiger partial charge in [0.2, 0.25) is 23.5 Å². The van der Waals surface area contributed by atoms with Crippen LogP contribution in [-0.2, 0) is 35.3 Å². The number of nitrogens with zero attached hydrogens (tertiary/aromatic N) is 1. The average Bonchev–Trinajstić information content (AvgIpc) is 3.27. The molecule has 5 amide bonds. The van der Waals surface area contributed by atoms with Gasteiger partial charge in [0, 0.05) is 13.1 Å². The van der Waals surface area contributed by atoms with Gasteiger partial charge < -0.3 is 30.9 Å². The molecule has 2 aliphatic rings. The third kappa shape index (κ3) is 9.20. The molecule has 1 aromatic rings. The Morgan fingerprint density at radius 2 is 1.66 bits per heavy atom. The van der Waals surface area contributed by atoms with Gasteiger partial charge in [0.1, 0.15) is 23.7 Å². The molecule has 12 heteroatoms. The van der Waals surface area contributed by atoms with Crippen LogP contribution in [0, 0.1) is 29.6 Å². The molecule has 5 atom stereocenters. The normalized spacial score (nSPS) is 21.0. The standard InChI is InChI=1S/C35H51N5O7/c1-11-14-23(27(42)30(44)37-18-24(41)36-17-21-16-13-12-15-20(21)2)38-29(43)26-25-22(35(25,9)10)19-40(26)31(45)28(33(3,4)5)39-32(46)47-34(6,7)8/h11-13,15-16,22-23,25-26,28H,1,14,17-19H2,2-10H3,(H,36,41)(H,37,44)(H,38,43)(H,39,46)/t22-,23?,25-,26-,28+/m0/s1. The van der Waals surface area contributed by atoms with Crippen molar-refractivity contribution >= 4 is 35.5 Å². The predicted molar refractivity (Wildman–Crippen MR) is 177 cm³/mol. The summed E-state index contributed by atoms with van der Waals surface area (Å²) >= 11 is 0. The van der Waals surface area contributed by atoms with E-state index in [0.29, 0.717) is 6.54 Å². The zero-order chi connectivity index (χ0) is 35.5. The van der Waals surface area contributed by atoms with Crippen LogP contribution in [0.3, 0.4) is 0 Å². The van der Waals surface area contributed by atoms with E-state index >= 15 is 0 Å². The first kappa shape index (κ1) is 37.2. The molecule has 12 nitrogen and oxygen atoms in total. The summed E-state index contributed by atoms with van der Waals surface area (Å²) in [7, 11) is 0. The maximum atomic E-state index is 14.0. The predicted octanol–water partition coefficient (Wildman–Crippen LogP) is 2.78. The molecule has 3 rings (SSSR count). The van der Waals surface area contributed by atoms with Gasteiger partial charge >= 0.3 is 6.09 Å². The number of amides is 5. The highest BCUT2D eigenvalue weighted by Gasteiger charge is 2.70. The molecule has 1 unspecified atom stereocenters. The Bertz CT molecular complexity index is 1410. The summed E-state index contributed by atoms with van der Waals surface area (Å²) in [6, 6.07) is 4.37.